The second kappa shape index (κ2) is 7.79. The van der Waals surface area contributed by atoms with Crippen LogP contribution >= 0.6 is 11.3 Å². The minimum Gasteiger partial charge on any atom is -0.389 e. The fraction of sp³-hybridized carbons (Fsp3) is 0.407. The third-order valence-electron chi connectivity index (χ3n) is 9.03. The van der Waals surface area contributed by atoms with Crippen molar-refractivity contribution in [2.24, 2.45) is 10.8 Å². The highest BCUT2D eigenvalue weighted by molar-refractivity contribution is 7.23. The molecule has 2 N–H and O–H groups in total. The summed E-state index contributed by atoms with van der Waals surface area (Å²) in [5.41, 5.74) is 8.02. The van der Waals surface area contributed by atoms with Crippen molar-refractivity contribution in [1.82, 2.24) is 19.9 Å². The van der Waals surface area contributed by atoms with Crippen molar-refractivity contribution in [2.45, 2.75) is 13.2 Å². The molecule has 7 heterocycles. The molecule has 198 valence electrons. The maximum Gasteiger partial charge on any atom is 0.226 e. The van der Waals surface area contributed by atoms with Gasteiger partial charge < -0.3 is 25.0 Å². The molecule has 4 aliphatic heterocycles. The van der Waals surface area contributed by atoms with E-state index in [-0.39, 0.29) is 61.5 Å². The predicted molar refractivity (Wildman–Crippen MR) is 141 cm³/mol. The molecular formula is C27H23F2N7O2S. The molecule has 9 nitrogen and oxygen atoms in total. The van der Waals surface area contributed by atoms with Crippen LogP contribution in [-0.4, -0.2) is 66.3 Å². The number of ether oxygens (including phenoxy) is 2. The van der Waals surface area contributed by atoms with Crippen LogP contribution in [-0.2, 0) is 22.7 Å². The van der Waals surface area contributed by atoms with Crippen LogP contribution in [0.4, 0.5) is 19.7 Å². The van der Waals surface area contributed by atoms with E-state index in [0.29, 0.717) is 30.1 Å². The zero-order chi connectivity index (χ0) is 26.7. The normalized spacial score (nSPS) is 25.9. The first-order chi connectivity index (χ1) is 18.8. The van der Waals surface area contributed by atoms with E-state index >= 15 is 4.39 Å². The molecule has 8 rings (SSSR count). The largest absolute Gasteiger partial charge is 0.389 e. The van der Waals surface area contributed by atoms with Crippen molar-refractivity contribution in [3.8, 4) is 17.3 Å². The van der Waals surface area contributed by atoms with Crippen LogP contribution in [0.1, 0.15) is 16.7 Å². The minimum absolute atomic E-state index is 0.00571. The molecule has 1 aromatic carbocycles. The summed E-state index contributed by atoms with van der Waals surface area (Å²) in [5, 5.41) is 10.7. The lowest BCUT2D eigenvalue weighted by Crippen LogP contribution is -2.38. The summed E-state index contributed by atoms with van der Waals surface area (Å²) in [5.74, 6) is -0.728. The van der Waals surface area contributed by atoms with Gasteiger partial charge in [-0.05, 0) is 18.2 Å². The van der Waals surface area contributed by atoms with Crippen molar-refractivity contribution in [1.29, 1.82) is 5.26 Å². The van der Waals surface area contributed by atoms with E-state index in [9.17, 15) is 9.65 Å². The van der Waals surface area contributed by atoms with Crippen LogP contribution in [0.15, 0.2) is 12.4 Å². The van der Waals surface area contributed by atoms with Crippen LogP contribution in [0.25, 0.3) is 32.2 Å². The van der Waals surface area contributed by atoms with Crippen molar-refractivity contribution >= 4 is 43.3 Å². The number of thiophene rings is 1. The molecule has 12 heteroatoms. The van der Waals surface area contributed by atoms with Gasteiger partial charge in [-0.3, -0.25) is 4.98 Å². The summed E-state index contributed by atoms with van der Waals surface area (Å²) < 4.78 is 43.2. The van der Waals surface area contributed by atoms with E-state index in [2.05, 4.69) is 26.8 Å². The minimum atomic E-state index is -0.607. The number of benzene rings is 1. The number of nitrogens with zero attached hydrogens (tertiary/aromatic N) is 6. The Morgan fingerprint density at radius 1 is 1.05 bits per heavy atom. The second-order valence-electron chi connectivity index (χ2n) is 11.3. The lowest BCUT2D eigenvalue weighted by Gasteiger charge is -2.27. The van der Waals surface area contributed by atoms with Crippen LogP contribution in [0.2, 0.25) is 0 Å². The Balaban J connectivity index is 1.32. The van der Waals surface area contributed by atoms with Gasteiger partial charge in [0.05, 0.1) is 48.6 Å². The first-order valence-corrected chi connectivity index (χ1v) is 13.5. The number of anilines is 2. The molecule has 2 atom stereocenters. The third kappa shape index (κ3) is 2.93. The number of fused-ring (bicyclic) bond motifs is 4. The van der Waals surface area contributed by atoms with Gasteiger partial charge in [0.15, 0.2) is 11.6 Å². The van der Waals surface area contributed by atoms with E-state index in [1.54, 1.807) is 6.20 Å². The number of hydrogen-bond acceptors (Lipinski definition) is 10. The molecule has 0 radical (unpaired) electrons. The SMILES string of the molecule is CN1CC23COCC2(C1)CN(c1ncc2c4c(c(-c5ncc(F)c6sc(N)c(C#N)c56)c(F)c2n1)COC4)C3. The standard InChI is InChI=1S/C27H23F2N7O2S/c1-35-7-26-9-36(10-27(26,8-35)12-38-11-26)25-33-3-14-15-5-37-6-16(15)18(20(29)21(14)34-25)22-19-13(2-30)24(31)39-23(19)17(28)4-32-22/h3-4H,5-12,31H2,1H3. The molecule has 4 aromatic rings. The van der Waals surface area contributed by atoms with Crippen molar-refractivity contribution in [3.63, 3.8) is 0 Å². The number of nitrogen functional groups attached to an aromatic ring is 1. The maximum atomic E-state index is 16.6. The molecule has 0 saturated carbocycles. The zero-order valence-corrected chi connectivity index (χ0v) is 21.9. The highest BCUT2D eigenvalue weighted by Gasteiger charge is 2.65. The van der Waals surface area contributed by atoms with E-state index in [1.165, 1.54) is 0 Å². The molecule has 3 fully saturated rings. The first kappa shape index (κ1) is 23.4. The maximum absolute atomic E-state index is 16.6. The number of nitrogens with two attached hydrogens (primary N) is 1. The Morgan fingerprint density at radius 2 is 1.79 bits per heavy atom. The lowest BCUT2D eigenvalue weighted by molar-refractivity contribution is 0.128. The summed E-state index contributed by atoms with van der Waals surface area (Å²) >= 11 is 0.956. The number of aromatic nitrogens is 3. The number of rotatable bonds is 2. The molecule has 0 amide bonds. The van der Waals surface area contributed by atoms with Crippen LogP contribution in [0.3, 0.4) is 0 Å². The number of nitriles is 1. The monoisotopic (exact) mass is 547 g/mol. The van der Waals surface area contributed by atoms with Crippen LogP contribution in [0.5, 0.6) is 0 Å². The van der Waals surface area contributed by atoms with Gasteiger partial charge in [0.2, 0.25) is 5.95 Å². The topological polar surface area (TPSA) is 113 Å². The Kier molecular flexibility index (Phi) is 4.67. The molecule has 2 unspecified atom stereocenters. The smallest absolute Gasteiger partial charge is 0.226 e. The van der Waals surface area contributed by atoms with Gasteiger partial charge in [-0.2, -0.15) is 5.26 Å². The van der Waals surface area contributed by atoms with Crippen LogP contribution < -0.4 is 10.6 Å². The average Bonchev–Trinajstić information content (AvgIpc) is 3.68. The van der Waals surface area contributed by atoms with Gasteiger partial charge in [0.25, 0.3) is 0 Å². The molecule has 3 aromatic heterocycles. The highest BCUT2D eigenvalue weighted by atomic mass is 32.1. The van der Waals surface area contributed by atoms with Gasteiger partial charge in [0, 0.05) is 59.5 Å². The van der Waals surface area contributed by atoms with Crippen LogP contribution in [0, 0.1) is 33.8 Å². The summed E-state index contributed by atoms with van der Waals surface area (Å²) in [6, 6.07) is 2.05. The van der Waals surface area contributed by atoms with Gasteiger partial charge in [0.1, 0.15) is 16.6 Å². The average molecular weight is 548 g/mol. The molecule has 3 saturated heterocycles. The van der Waals surface area contributed by atoms with Gasteiger partial charge in [-0.15, -0.1) is 11.3 Å². The number of hydrogen-bond donors (Lipinski definition) is 1. The van der Waals surface area contributed by atoms with Gasteiger partial charge in [-0.25, -0.2) is 18.7 Å². The molecule has 0 bridgehead atoms. The van der Waals surface area contributed by atoms with E-state index in [0.717, 1.165) is 49.3 Å². The Labute approximate surface area is 225 Å². The van der Waals surface area contributed by atoms with Crippen molar-refractivity contribution in [2.75, 3.05) is 57.1 Å². The quantitative estimate of drug-likeness (QED) is 0.403. The lowest BCUT2D eigenvalue weighted by atomic mass is 9.71. The zero-order valence-electron chi connectivity index (χ0n) is 21.1. The number of halogens is 2. The summed E-state index contributed by atoms with van der Waals surface area (Å²) in [7, 11) is 2.14. The summed E-state index contributed by atoms with van der Waals surface area (Å²) in [6.45, 7) is 5.18. The van der Waals surface area contributed by atoms with E-state index < -0.39 is 11.6 Å². The molecular weight excluding hydrogens is 524 g/mol. The third-order valence-corrected chi connectivity index (χ3v) is 10.1. The molecule has 4 aliphatic rings. The predicted octanol–water partition coefficient (Wildman–Crippen LogP) is 3.44. The van der Waals surface area contributed by atoms with Crippen molar-refractivity contribution in [3.05, 3.63) is 40.7 Å². The summed E-state index contributed by atoms with van der Waals surface area (Å²) in [6.07, 6.45) is 2.72. The van der Waals surface area contributed by atoms with E-state index in [1.807, 2.05) is 6.07 Å². The molecule has 39 heavy (non-hydrogen) atoms. The Bertz CT molecular complexity index is 1770. The Morgan fingerprint density at radius 3 is 2.54 bits per heavy atom. The Hall–Kier alpha value is -3.50. The first-order valence-electron chi connectivity index (χ1n) is 12.7. The highest BCUT2D eigenvalue weighted by Crippen LogP contribution is 2.56. The van der Waals surface area contributed by atoms with E-state index in [4.69, 9.17) is 20.2 Å². The fourth-order valence-corrected chi connectivity index (χ4v) is 8.33. The molecule has 0 aliphatic carbocycles. The second-order valence-corrected chi connectivity index (χ2v) is 12.3. The summed E-state index contributed by atoms with van der Waals surface area (Å²) in [4.78, 5) is 18.3. The van der Waals surface area contributed by atoms with Gasteiger partial charge in [-0.1, -0.05) is 0 Å². The van der Waals surface area contributed by atoms with Crippen molar-refractivity contribution < 1.29 is 18.3 Å². The fourth-order valence-electron chi connectivity index (χ4n) is 7.41. The number of likely N-dealkylation sites (tertiary alicyclic amines) is 1. The number of pyridine rings is 1. The molecule has 0 spiro atoms. The van der Waals surface area contributed by atoms with Gasteiger partial charge >= 0.3 is 0 Å².